The first-order chi connectivity index (χ1) is 12.1. The minimum atomic E-state index is -3.63. The minimum absolute atomic E-state index is 0. The molecule has 0 aliphatic carbocycles. The average Bonchev–Trinajstić information content (AvgIpc) is 2.20. The summed E-state index contributed by atoms with van der Waals surface area (Å²) in [5.74, 6) is 0. The minimum Gasteiger partial charge on any atom is -0.672 e. The van der Waals surface area contributed by atoms with Gasteiger partial charge in [0.15, 0.2) is 0 Å². The van der Waals surface area contributed by atoms with Crippen LogP contribution in [0.2, 0.25) is 0 Å². The van der Waals surface area contributed by atoms with Gasteiger partial charge in [-0.3, -0.25) is 0 Å². The van der Waals surface area contributed by atoms with E-state index in [9.17, 15) is 0 Å². The summed E-state index contributed by atoms with van der Waals surface area (Å²) in [7, 11) is -25.4. The molecule has 4 N–H and O–H groups in total. The van der Waals surface area contributed by atoms with Gasteiger partial charge in [-0.05, 0) is 0 Å². The van der Waals surface area contributed by atoms with Crippen molar-refractivity contribution >= 4 is 174 Å². The first kappa shape index (κ1) is 112. The van der Waals surface area contributed by atoms with Crippen molar-refractivity contribution in [3.05, 3.63) is 0 Å². The Balaban J connectivity index is -0.00000000865. The summed E-state index contributed by atoms with van der Waals surface area (Å²) in [5.41, 5.74) is 0. The molecular weight excluding hydrogens is 823 g/mol. The summed E-state index contributed by atoms with van der Waals surface area (Å²) in [5, 5.41) is 0. The zero-order chi connectivity index (χ0) is 25.0. The molecule has 0 heterocycles. The molecule has 0 spiro atoms. The molecule has 0 aromatic heterocycles. The third-order valence-electron chi connectivity index (χ3n) is 0. The van der Waals surface area contributed by atoms with Crippen LogP contribution in [0.5, 0.6) is 0 Å². The van der Waals surface area contributed by atoms with E-state index in [2.05, 4.69) is 0 Å². The van der Waals surface area contributed by atoms with Gasteiger partial charge in [0.05, 0.1) is 0 Å². The van der Waals surface area contributed by atoms with Crippen molar-refractivity contribution in [3.63, 3.8) is 0 Å². The predicted octanol–water partition coefficient (Wildman–Crippen LogP) is -35.3. The van der Waals surface area contributed by atoms with Crippen LogP contribution in [0.15, 0.2) is 0 Å². The number of hydrogen-bond acceptors (Lipinski definition) is 21. The largest absolute Gasteiger partial charge is 3.00 e. The van der Waals surface area contributed by atoms with Gasteiger partial charge in [-0.25, -0.2) is 0 Å². The molecule has 0 aliphatic heterocycles. The topological polar surface area (TPSA) is 505 Å². The van der Waals surface area contributed by atoms with Crippen LogP contribution in [0.3, 0.4) is 0 Å². The maximum atomic E-state index is 8.52. The van der Waals surface area contributed by atoms with Gasteiger partial charge in [0.25, 0.3) is 0 Å². The Labute approximate surface area is 434 Å². The zero-order valence-corrected chi connectivity index (χ0v) is 43.6. The van der Waals surface area contributed by atoms with Crippen molar-refractivity contribution in [2.75, 3.05) is 0 Å². The van der Waals surface area contributed by atoms with Gasteiger partial charge in [0.1, 0.15) is 0 Å². The Morgan fingerprint density at radius 1 is 0.289 bits per heavy atom. The molecule has 0 atom stereocenters. The number of rotatable bonds is 0. The second-order valence-electron chi connectivity index (χ2n) is 1.75. The predicted molar refractivity (Wildman–Crippen MR) is 75.3 cm³/mol. The average molecular weight is 827 g/mol. The maximum Gasteiger partial charge on any atom is 3.00 e. The summed E-state index contributed by atoms with van der Waals surface area (Å²) in [6.07, 6.45) is 0. The standard InChI is InChI=1S/2Al.2Ca.2K.2Na.7O3Si.2H2O/c;;;;;;;;7*1-4(2)3;;/h;;;;;;;;;;;;;;;2*1H2/q2*+3;2*+2;4*+1;7*-2;;. The van der Waals surface area contributed by atoms with Gasteiger partial charge in [-0.15, -0.1) is 0 Å². The van der Waals surface area contributed by atoms with Gasteiger partial charge in [-0.2, -0.15) is 0 Å². The molecule has 0 amide bonds. The molecule has 38 heavy (non-hydrogen) atoms. The van der Waals surface area contributed by atoms with Gasteiger partial charge < -0.3 is 109 Å². The Bertz CT molecular complexity index is 347. The summed E-state index contributed by atoms with van der Waals surface area (Å²) < 4.78 is 59.6. The fourth-order valence-corrected chi connectivity index (χ4v) is 0. The van der Waals surface area contributed by atoms with E-state index in [4.69, 9.17) is 98.4 Å². The van der Waals surface area contributed by atoms with Crippen LogP contribution in [0.1, 0.15) is 0 Å². The van der Waals surface area contributed by atoms with Crippen LogP contribution in [0, 0.1) is 0 Å². The quantitative estimate of drug-likeness (QED) is 0.205. The SMILES string of the molecule is O.O.O=[Si]([O-])[O-].O=[Si]([O-])[O-].O=[Si]([O-])[O-].O=[Si]([O-])[O-].O=[Si]([O-])[O-].O=[Si]([O-])[O-].O=[Si]([O-])[O-].[Al+3].[Al+3].[Ca+2].[Ca+2].[K+].[K+].[Na+].[Na+]. The van der Waals surface area contributed by atoms with E-state index in [1.54, 1.807) is 0 Å². The summed E-state index contributed by atoms with van der Waals surface area (Å²) in [6, 6.07) is 0. The molecule has 23 nitrogen and oxygen atoms in total. The third kappa shape index (κ3) is 1910. The first-order valence-electron chi connectivity index (χ1n) is 4.29. The summed E-state index contributed by atoms with van der Waals surface area (Å²) in [4.78, 5) is 119. The van der Waals surface area contributed by atoms with Crippen LogP contribution in [0.4, 0.5) is 0 Å². The molecule has 0 radical (unpaired) electrons. The van der Waals surface area contributed by atoms with Crippen molar-refractivity contribution < 1.29 is 271 Å². The van der Waals surface area contributed by atoms with E-state index in [0.717, 1.165) is 0 Å². The van der Waals surface area contributed by atoms with Gasteiger partial charge in [0.2, 0.25) is 0 Å². The van der Waals surface area contributed by atoms with E-state index in [0.29, 0.717) is 0 Å². The van der Waals surface area contributed by atoms with Crippen LogP contribution < -0.4 is 229 Å². The number of hydrogen-bond donors (Lipinski definition) is 0. The van der Waals surface area contributed by atoms with E-state index in [-0.39, 0.29) is 283 Å². The second-order valence-corrected chi connectivity index (χ2v) is 5.25. The first-order valence-corrected chi connectivity index (χ1v) is 12.9. The van der Waals surface area contributed by atoms with E-state index < -0.39 is 64.2 Å². The molecule has 184 valence electrons. The van der Waals surface area contributed by atoms with Gasteiger partial charge in [-0.1, -0.05) is 0 Å². The van der Waals surface area contributed by atoms with Crippen molar-refractivity contribution in [3.8, 4) is 0 Å². The van der Waals surface area contributed by atoms with Gasteiger partial charge in [0, 0.05) is 64.2 Å². The smallest absolute Gasteiger partial charge is 0.672 e. The molecule has 0 aliphatic rings. The molecule has 0 bridgehead atoms. The fourth-order valence-electron chi connectivity index (χ4n) is 0. The molecule has 0 aromatic carbocycles. The molecule has 0 saturated carbocycles. The van der Waals surface area contributed by atoms with Crippen LogP contribution >= 0.6 is 0 Å². The molecule has 0 saturated heterocycles. The molecule has 38 heteroatoms. The van der Waals surface area contributed by atoms with Crippen LogP contribution in [-0.4, -0.2) is 185 Å². The van der Waals surface area contributed by atoms with Crippen molar-refractivity contribution in [1.29, 1.82) is 0 Å². The van der Waals surface area contributed by atoms with Crippen LogP contribution in [-0.2, 0) is 31.2 Å². The Kier molecular flexibility index (Phi) is 305. The van der Waals surface area contributed by atoms with Crippen molar-refractivity contribution in [2.24, 2.45) is 0 Å². The molecular formula is H4Al2Ca2K2Na2O23Si7. The molecule has 0 aromatic rings. The maximum absolute atomic E-state index is 8.52. The van der Waals surface area contributed by atoms with E-state index in [1.165, 1.54) is 0 Å². The third-order valence-corrected chi connectivity index (χ3v) is 0. The Morgan fingerprint density at radius 2 is 0.289 bits per heavy atom. The monoisotopic (exact) mass is 826 g/mol. The Morgan fingerprint density at radius 3 is 0.289 bits per heavy atom. The molecule has 0 rings (SSSR count). The normalized spacial score (nSPS) is 4.42. The molecule has 0 unspecified atom stereocenters. The Hall–Kier alpha value is 6.10. The zero-order valence-electron chi connectivity index (χ0n) is 19.6. The van der Waals surface area contributed by atoms with E-state index >= 15 is 0 Å². The fraction of sp³-hybridized carbons (Fsp3) is 0. The van der Waals surface area contributed by atoms with E-state index in [1.807, 2.05) is 0 Å². The van der Waals surface area contributed by atoms with Crippen LogP contribution in [0.25, 0.3) is 0 Å². The summed E-state index contributed by atoms with van der Waals surface area (Å²) in [6.45, 7) is 0. The molecule has 0 fully saturated rings. The van der Waals surface area contributed by atoms with Gasteiger partial charge >= 0.3 is 272 Å². The van der Waals surface area contributed by atoms with Crippen molar-refractivity contribution in [2.45, 2.75) is 0 Å². The van der Waals surface area contributed by atoms with Crippen molar-refractivity contribution in [1.82, 2.24) is 0 Å². The summed E-state index contributed by atoms with van der Waals surface area (Å²) >= 11 is 0. The second kappa shape index (κ2) is 104.